The van der Waals surface area contributed by atoms with Crippen LogP contribution in [0.15, 0.2) is 73.3 Å². The molecule has 174 valence electrons. The number of hydrogen-bond acceptors (Lipinski definition) is 8. The molecule has 0 amide bonds. The highest BCUT2D eigenvalue weighted by Crippen LogP contribution is 2.29. The summed E-state index contributed by atoms with van der Waals surface area (Å²) in [6.07, 6.45) is 5.01. The van der Waals surface area contributed by atoms with E-state index < -0.39 is 0 Å². The molecule has 1 N–H and O–H groups in total. The zero-order valence-corrected chi connectivity index (χ0v) is 19.4. The number of esters is 1. The minimum Gasteiger partial charge on any atom is -0.465 e. The Hall–Kier alpha value is -4.79. The van der Waals surface area contributed by atoms with Gasteiger partial charge in [0, 0.05) is 11.4 Å². The molecule has 9 heteroatoms. The van der Waals surface area contributed by atoms with Gasteiger partial charge in [-0.3, -0.25) is 4.98 Å². The average molecular weight is 467 g/mol. The number of hydrogen-bond donors (Lipinski definition) is 1. The van der Waals surface area contributed by atoms with Crippen molar-refractivity contribution in [2.24, 2.45) is 0 Å². The molecule has 0 aliphatic heterocycles. The van der Waals surface area contributed by atoms with Crippen LogP contribution in [0.25, 0.3) is 16.7 Å². The molecule has 3 heterocycles. The Balaban J connectivity index is 1.38. The van der Waals surface area contributed by atoms with Crippen LogP contribution in [0.1, 0.15) is 21.6 Å². The fourth-order valence-corrected chi connectivity index (χ4v) is 3.55. The lowest BCUT2D eigenvalue weighted by molar-refractivity contribution is 0.0600. The number of carbonyl (C=O) groups excluding carboxylic acids is 1. The topological polar surface area (TPSA) is 104 Å². The predicted molar refractivity (Wildman–Crippen MR) is 132 cm³/mol. The number of aryl methyl sites for hydroxylation is 2. The van der Waals surface area contributed by atoms with Gasteiger partial charge in [-0.15, -0.1) is 0 Å². The van der Waals surface area contributed by atoms with Crippen molar-refractivity contribution < 1.29 is 14.3 Å². The molecule has 0 atom stereocenters. The third-order valence-corrected chi connectivity index (χ3v) is 5.41. The second-order valence-corrected chi connectivity index (χ2v) is 7.91. The third kappa shape index (κ3) is 4.65. The quantitative estimate of drug-likeness (QED) is 0.343. The van der Waals surface area contributed by atoms with E-state index in [0.717, 1.165) is 28.4 Å². The van der Waals surface area contributed by atoms with Crippen molar-refractivity contribution in [3.8, 4) is 17.2 Å². The van der Waals surface area contributed by atoms with Crippen LogP contribution in [0.2, 0.25) is 0 Å². The Morgan fingerprint density at radius 1 is 0.971 bits per heavy atom. The lowest BCUT2D eigenvalue weighted by Crippen LogP contribution is -2.02. The molecule has 0 saturated carbocycles. The Morgan fingerprint density at radius 2 is 1.80 bits per heavy atom. The summed E-state index contributed by atoms with van der Waals surface area (Å²) in [5.74, 6) is 1.62. The summed E-state index contributed by atoms with van der Waals surface area (Å²) in [7, 11) is 1.35. The van der Waals surface area contributed by atoms with Gasteiger partial charge in [0.05, 0.1) is 30.8 Å². The zero-order chi connectivity index (χ0) is 24.4. The summed E-state index contributed by atoms with van der Waals surface area (Å²) in [4.78, 5) is 24.7. The van der Waals surface area contributed by atoms with Crippen LogP contribution in [-0.4, -0.2) is 37.8 Å². The normalized spacial score (nSPS) is 10.8. The van der Waals surface area contributed by atoms with Gasteiger partial charge in [-0.05, 0) is 74.0 Å². The number of methoxy groups -OCH3 is 1. The van der Waals surface area contributed by atoms with Gasteiger partial charge >= 0.3 is 5.97 Å². The Bertz CT molecular complexity index is 1510. The molecular formula is C26H22N6O3. The molecule has 3 aromatic heterocycles. The highest BCUT2D eigenvalue weighted by atomic mass is 16.5. The number of carbonyl (C=O) groups is 1. The van der Waals surface area contributed by atoms with Gasteiger partial charge < -0.3 is 14.8 Å². The standard InChI is InChI=1S/C26H22N6O3/c1-16-12-19(7-11-23(16)35-21-10-4-17(2)27-13-21)30-25-24-22(28-15-29-25)14-32(31-24)20-8-5-18(6-9-20)26(33)34-3/h4-15H,1-3H3,(H,28,29,30). The smallest absolute Gasteiger partial charge is 0.337 e. The largest absolute Gasteiger partial charge is 0.465 e. The first-order valence-corrected chi connectivity index (χ1v) is 10.9. The number of pyridine rings is 1. The second kappa shape index (κ2) is 9.22. The van der Waals surface area contributed by atoms with Gasteiger partial charge in [0.1, 0.15) is 23.3 Å². The molecule has 0 spiro atoms. The number of rotatable bonds is 6. The van der Waals surface area contributed by atoms with E-state index in [0.29, 0.717) is 28.2 Å². The van der Waals surface area contributed by atoms with Gasteiger partial charge in [0.25, 0.3) is 0 Å². The number of nitrogens with one attached hydrogen (secondary N) is 1. The monoisotopic (exact) mass is 466 g/mol. The van der Waals surface area contributed by atoms with E-state index in [4.69, 9.17) is 9.47 Å². The minimum atomic E-state index is -0.387. The summed E-state index contributed by atoms with van der Waals surface area (Å²) >= 11 is 0. The Labute approximate surface area is 201 Å². The average Bonchev–Trinajstić information content (AvgIpc) is 3.32. The maximum Gasteiger partial charge on any atom is 0.337 e. The van der Waals surface area contributed by atoms with E-state index >= 15 is 0 Å². The molecule has 2 aromatic carbocycles. The van der Waals surface area contributed by atoms with Crippen LogP contribution in [0.5, 0.6) is 11.5 Å². The molecule has 5 rings (SSSR count). The summed E-state index contributed by atoms with van der Waals surface area (Å²) in [6.45, 7) is 3.91. The molecule has 0 fully saturated rings. The number of nitrogens with zero attached hydrogens (tertiary/aromatic N) is 5. The molecule has 5 aromatic rings. The molecule has 35 heavy (non-hydrogen) atoms. The van der Waals surface area contributed by atoms with Crippen molar-refractivity contribution in [2.75, 3.05) is 12.4 Å². The van der Waals surface area contributed by atoms with Crippen LogP contribution in [-0.2, 0) is 4.74 Å². The third-order valence-electron chi connectivity index (χ3n) is 5.41. The summed E-state index contributed by atoms with van der Waals surface area (Å²) in [6, 6.07) is 16.6. The van der Waals surface area contributed by atoms with Crippen molar-refractivity contribution in [1.82, 2.24) is 24.7 Å². The zero-order valence-electron chi connectivity index (χ0n) is 19.4. The van der Waals surface area contributed by atoms with E-state index in [1.165, 1.54) is 13.4 Å². The maximum absolute atomic E-state index is 11.7. The molecule has 0 bridgehead atoms. The van der Waals surface area contributed by atoms with Crippen LogP contribution in [0, 0.1) is 13.8 Å². The highest BCUT2D eigenvalue weighted by molar-refractivity contribution is 5.89. The fourth-order valence-electron chi connectivity index (χ4n) is 3.55. The van der Waals surface area contributed by atoms with Crippen molar-refractivity contribution in [3.63, 3.8) is 0 Å². The first kappa shape index (κ1) is 22.0. The van der Waals surface area contributed by atoms with Gasteiger partial charge in [0.15, 0.2) is 11.3 Å². The predicted octanol–water partition coefficient (Wildman–Crippen LogP) is 5.15. The van der Waals surface area contributed by atoms with Crippen molar-refractivity contribution >= 4 is 28.5 Å². The molecule has 0 aliphatic rings. The lowest BCUT2D eigenvalue weighted by Gasteiger charge is -2.11. The van der Waals surface area contributed by atoms with Crippen LogP contribution in [0.3, 0.4) is 0 Å². The van der Waals surface area contributed by atoms with Crippen LogP contribution < -0.4 is 10.1 Å². The van der Waals surface area contributed by atoms with Crippen molar-refractivity contribution in [1.29, 1.82) is 0 Å². The molecule has 9 nitrogen and oxygen atoms in total. The van der Waals surface area contributed by atoms with Gasteiger partial charge in [-0.25, -0.2) is 19.4 Å². The number of benzene rings is 2. The Morgan fingerprint density at radius 3 is 2.51 bits per heavy atom. The van der Waals surface area contributed by atoms with Gasteiger partial charge in [-0.2, -0.15) is 5.10 Å². The number of aromatic nitrogens is 5. The summed E-state index contributed by atoms with van der Waals surface area (Å²) in [5.41, 5.74) is 5.29. The molecule has 0 saturated heterocycles. The number of fused-ring (bicyclic) bond motifs is 1. The molecular weight excluding hydrogens is 444 g/mol. The summed E-state index contributed by atoms with van der Waals surface area (Å²) in [5, 5.41) is 7.98. The van der Waals surface area contributed by atoms with Crippen LogP contribution in [0.4, 0.5) is 11.5 Å². The molecule has 0 radical (unpaired) electrons. The van der Waals surface area contributed by atoms with Gasteiger partial charge in [0.2, 0.25) is 0 Å². The molecule has 0 unspecified atom stereocenters. The van der Waals surface area contributed by atoms with E-state index in [9.17, 15) is 4.79 Å². The highest BCUT2D eigenvalue weighted by Gasteiger charge is 2.12. The number of ether oxygens (including phenoxy) is 2. The minimum absolute atomic E-state index is 0.387. The first-order valence-electron chi connectivity index (χ1n) is 10.9. The Kier molecular flexibility index (Phi) is 5.80. The van der Waals surface area contributed by atoms with Crippen LogP contribution >= 0.6 is 0 Å². The molecule has 0 aliphatic carbocycles. The fraction of sp³-hybridized carbons (Fsp3) is 0.115. The van der Waals surface area contributed by atoms with E-state index in [1.54, 1.807) is 35.1 Å². The SMILES string of the molecule is COC(=O)c1ccc(-n2cc3ncnc(Nc4ccc(Oc5ccc(C)nc5)c(C)c4)c3n2)cc1. The van der Waals surface area contributed by atoms with Crippen molar-refractivity contribution in [2.45, 2.75) is 13.8 Å². The van der Waals surface area contributed by atoms with E-state index in [1.807, 2.05) is 50.4 Å². The number of anilines is 2. The second-order valence-electron chi connectivity index (χ2n) is 7.91. The first-order chi connectivity index (χ1) is 17.0. The van der Waals surface area contributed by atoms with E-state index in [2.05, 4.69) is 25.4 Å². The lowest BCUT2D eigenvalue weighted by atomic mass is 10.2. The maximum atomic E-state index is 11.7. The van der Waals surface area contributed by atoms with E-state index in [-0.39, 0.29) is 5.97 Å². The van der Waals surface area contributed by atoms with Gasteiger partial charge in [-0.1, -0.05) is 0 Å². The van der Waals surface area contributed by atoms with Crippen molar-refractivity contribution in [3.05, 3.63) is 90.1 Å². The summed E-state index contributed by atoms with van der Waals surface area (Å²) < 4.78 is 12.4.